The molecule has 0 aromatic rings. The van der Waals surface area contributed by atoms with Crippen molar-refractivity contribution in [1.82, 2.24) is 10.6 Å². The smallest absolute Gasteiger partial charge is 0.224 e. The van der Waals surface area contributed by atoms with Crippen LogP contribution in [-0.2, 0) is 4.79 Å². The zero-order chi connectivity index (χ0) is 10.9. The summed E-state index contributed by atoms with van der Waals surface area (Å²) in [5.74, 6) is 0.449. The fourth-order valence-corrected chi connectivity index (χ4v) is 2.45. The van der Waals surface area contributed by atoms with Crippen molar-refractivity contribution in [2.24, 2.45) is 11.3 Å². The quantitative estimate of drug-likeness (QED) is 0.734. The van der Waals surface area contributed by atoms with Crippen LogP contribution in [0.4, 0.5) is 0 Å². The van der Waals surface area contributed by atoms with Gasteiger partial charge in [0.25, 0.3) is 0 Å². The summed E-state index contributed by atoms with van der Waals surface area (Å²) in [5.41, 5.74) is 0.463. The molecule has 1 aliphatic heterocycles. The second-order valence-electron chi connectivity index (χ2n) is 5.21. The summed E-state index contributed by atoms with van der Waals surface area (Å²) in [6.07, 6.45) is 4.78. The van der Waals surface area contributed by atoms with Gasteiger partial charge in [0.1, 0.15) is 0 Å². The molecule has 2 aliphatic rings. The lowest BCUT2D eigenvalue weighted by Gasteiger charge is -2.18. The molecular weight excluding hydrogens is 188 g/mol. The standard InChI is InChI=1S/C12H22N2O/c1-3-12(5-6-12)8-14-11(15)10-4-7-13-9(10)2/h9-10,13H,3-8H2,1-2H3,(H,14,15). The van der Waals surface area contributed by atoms with E-state index in [4.69, 9.17) is 0 Å². The van der Waals surface area contributed by atoms with Crippen LogP contribution in [0.15, 0.2) is 0 Å². The molecule has 3 heteroatoms. The fraction of sp³-hybridized carbons (Fsp3) is 0.917. The van der Waals surface area contributed by atoms with Crippen LogP contribution in [0, 0.1) is 11.3 Å². The Morgan fingerprint density at radius 3 is 2.73 bits per heavy atom. The molecule has 2 fully saturated rings. The van der Waals surface area contributed by atoms with Crippen molar-refractivity contribution in [3.63, 3.8) is 0 Å². The number of rotatable bonds is 4. The van der Waals surface area contributed by atoms with Crippen molar-refractivity contribution in [3.8, 4) is 0 Å². The SMILES string of the molecule is CCC1(CNC(=O)C2CCNC2C)CC1. The molecule has 1 aliphatic carbocycles. The summed E-state index contributed by atoms with van der Waals surface area (Å²) in [4.78, 5) is 11.9. The second-order valence-corrected chi connectivity index (χ2v) is 5.21. The minimum Gasteiger partial charge on any atom is -0.355 e. The molecule has 1 heterocycles. The minimum atomic E-state index is 0.192. The van der Waals surface area contributed by atoms with Crippen LogP contribution in [0.1, 0.15) is 39.5 Å². The molecule has 2 unspecified atom stereocenters. The highest BCUT2D eigenvalue weighted by Gasteiger charge is 2.41. The summed E-state index contributed by atoms with van der Waals surface area (Å²) >= 11 is 0. The van der Waals surface area contributed by atoms with Gasteiger partial charge in [-0.25, -0.2) is 0 Å². The molecule has 1 amide bonds. The topological polar surface area (TPSA) is 41.1 Å². The third-order valence-corrected chi connectivity index (χ3v) is 4.21. The fourth-order valence-electron chi connectivity index (χ4n) is 2.45. The maximum absolute atomic E-state index is 11.9. The van der Waals surface area contributed by atoms with Crippen LogP contribution in [0.25, 0.3) is 0 Å². The van der Waals surface area contributed by atoms with Gasteiger partial charge in [0, 0.05) is 12.6 Å². The van der Waals surface area contributed by atoms with Crippen molar-refractivity contribution in [1.29, 1.82) is 0 Å². The van der Waals surface area contributed by atoms with Crippen LogP contribution >= 0.6 is 0 Å². The highest BCUT2D eigenvalue weighted by Crippen LogP contribution is 2.47. The average molecular weight is 210 g/mol. The van der Waals surface area contributed by atoms with Gasteiger partial charge in [-0.05, 0) is 44.6 Å². The summed E-state index contributed by atoms with van der Waals surface area (Å²) in [6.45, 7) is 6.20. The van der Waals surface area contributed by atoms with E-state index in [-0.39, 0.29) is 11.8 Å². The summed E-state index contributed by atoms with van der Waals surface area (Å²) in [5, 5.41) is 6.45. The van der Waals surface area contributed by atoms with Gasteiger partial charge >= 0.3 is 0 Å². The van der Waals surface area contributed by atoms with Gasteiger partial charge in [0.15, 0.2) is 0 Å². The Morgan fingerprint density at radius 1 is 1.53 bits per heavy atom. The average Bonchev–Trinajstić information content (AvgIpc) is 2.91. The molecule has 2 N–H and O–H groups in total. The Morgan fingerprint density at radius 2 is 2.27 bits per heavy atom. The number of hydrogen-bond donors (Lipinski definition) is 2. The van der Waals surface area contributed by atoms with Gasteiger partial charge in [-0.1, -0.05) is 6.92 Å². The predicted octanol–water partition coefficient (Wildman–Crippen LogP) is 1.29. The van der Waals surface area contributed by atoms with Crippen LogP contribution in [-0.4, -0.2) is 25.0 Å². The highest BCUT2D eigenvalue weighted by molar-refractivity contribution is 5.79. The number of carbonyl (C=O) groups excluding carboxylic acids is 1. The van der Waals surface area contributed by atoms with E-state index in [0.29, 0.717) is 11.5 Å². The molecule has 2 atom stereocenters. The first kappa shape index (κ1) is 10.9. The largest absolute Gasteiger partial charge is 0.355 e. The minimum absolute atomic E-state index is 0.192. The van der Waals surface area contributed by atoms with Gasteiger partial charge in [0.2, 0.25) is 5.91 Å². The van der Waals surface area contributed by atoms with Crippen molar-refractivity contribution >= 4 is 5.91 Å². The van der Waals surface area contributed by atoms with Crippen molar-refractivity contribution in [3.05, 3.63) is 0 Å². The van der Waals surface area contributed by atoms with Gasteiger partial charge < -0.3 is 10.6 Å². The maximum Gasteiger partial charge on any atom is 0.224 e. The van der Waals surface area contributed by atoms with E-state index in [1.54, 1.807) is 0 Å². The summed E-state index contributed by atoms with van der Waals surface area (Å²) in [7, 11) is 0. The van der Waals surface area contributed by atoms with Gasteiger partial charge in [0.05, 0.1) is 5.92 Å². The lowest BCUT2D eigenvalue weighted by Crippen LogP contribution is -2.39. The van der Waals surface area contributed by atoms with E-state index in [2.05, 4.69) is 24.5 Å². The Kier molecular flexibility index (Phi) is 3.01. The lowest BCUT2D eigenvalue weighted by molar-refractivity contribution is -0.125. The summed E-state index contributed by atoms with van der Waals surface area (Å²) < 4.78 is 0. The number of nitrogens with one attached hydrogen (secondary N) is 2. The zero-order valence-corrected chi connectivity index (χ0v) is 9.81. The Bertz CT molecular complexity index is 248. The van der Waals surface area contributed by atoms with E-state index in [1.807, 2.05) is 0 Å². The van der Waals surface area contributed by atoms with E-state index < -0.39 is 0 Å². The predicted molar refractivity (Wildman–Crippen MR) is 60.5 cm³/mol. The number of carbonyl (C=O) groups is 1. The normalized spacial score (nSPS) is 32.7. The van der Waals surface area contributed by atoms with Crippen LogP contribution in [0.2, 0.25) is 0 Å². The Labute approximate surface area is 92.0 Å². The molecule has 0 bridgehead atoms. The van der Waals surface area contributed by atoms with E-state index >= 15 is 0 Å². The molecule has 0 aromatic carbocycles. The number of amides is 1. The molecule has 0 aromatic heterocycles. The third-order valence-electron chi connectivity index (χ3n) is 4.21. The maximum atomic E-state index is 11.9. The van der Waals surface area contributed by atoms with Crippen LogP contribution < -0.4 is 10.6 Å². The molecule has 1 saturated heterocycles. The molecule has 86 valence electrons. The number of hydrogen-bond acceptors (Lipinski definition) is 2. The first-order chi connectivity index (χ1) is 7.17. The highest BCUT2D eigenvalue weighted by atomic mass is 16.1. The lowest BCUT2D eigenvalue weighted by atomic mass is 9.99. The first-order valence-electron chi connectivity index (χ1n) is 6.18. The van der Waals surface area contributed by atoms with Crippen molar-refractivity contribution < 1.29 is 4.79 Å². The van der Waals surface area contributed by atoms with Gasteiger partial charge in [-0.3, -0.25) is 4.79 Å². The Hall–Kier alpha value is -0.570. The van der Waals surface area contributed by atoms with Gasteiger partial charge in [-0.2, -0.15) is 0 Å². The van der Waals surface area contributed by atoms with E-state index in [1.165, 1.54) is 19.3 Å². The van der Waals surface area contributed by atoms with E-state index in [0.717, 1.165) is 19.5 Å². The molecule has 1 saturated carbocycles. The van der Waals surface area contributed by atoms with Gasteiger partial charge in [-0.15, -0.1) is 0 Å². The molecule has 0 radical (unpaired) electrons. The van der Waals surface area contributed by atoms with Crippen LogP contribution in [0.5, 0.6) is 0 Å². The molecule has 0 spiro atoms. The molecular formula is C12H22N2O. The molecule has 3 nitrogen and oxygen atoms in total. The second kappa shape index (κ2) is 4.12. The summed E-state index contributed by atoms with van der Waals surface area (Å²) in [6, 6.07) is 0.349. The van der Waals surface area contributed by atoms with E-state index in [9.17, 15) is 4.79 Å². The first-order valence-corrected chi connectivity index (χ1v) is 6.18. The molecule has 15 heavy (non-hydrogen) atoms. The monoisotopic (exact) mass is 210 g/mol. The van der Waals surface area contributed by atoms with Crippen molar-refractivity contribution in [2.45, 2.75) is 45.6 Å². The third kappa shape index (κ3) is 2.33. The molecule has 2 rings (SSSR count). The van der Waals surface area contributed by atoms with Crippen molar-refractivity contribution in [2.75, 3.05) is 13.1 Å². The Balaban J connectivity index is 1.77. The van der Waals surface area contributed by atoms with Crippen LogP contribution in [0.3, 0.4) is 0 Å². The zero-order valence-electron chi connectivity index (χ0n) is 9.81.